The first kappa shape index (κ1) is 19.7. The predicted octanol–water partition coefficient (Wildman–Crippen LogP) is 2.00. The fourth-order valence-electron chi connectivity index (χ4n) is 3.07. The van der Waals surface area contributed by atoms with Gasteiger partial charge < -0.3 is 10.1 Å². The molecule has 0 spiro atoms. The second kappa shape index (κ2) is 8.67. The lowest BCUT2D eigenvalue weighted by Gasteiger charge is -2.30. The van der Waals surface area contributed by atoms with Crippen LogP contribution in [0.1, 0.15) is 36.8 Å². The largest absolute Gasteiger partial charge is 0.493 e. The quantitative estimate of drug-likeness (QED) is 0.747. The summed E-state index contributed by atoms with van der Waals surface area (Å²) in [6, 6.07) is 6.08. The Kier molecular flexibility index (Phi) is 6.84. The summed E-state index contributed by atoms with van der Waals surface area (Å²) in [5.41, 5.74) is 2.20. The molecule has 0 aliphatic carbocycles. The minimum Gasteiger partial charge on any atom is -0.493 e. The van der Waals surface area contributed by atoms with Crippen LogP contribution in [0.4, 0.5) is 0 Å². The number of hydrogen-bond donors (Lipinski definition) is 1. The maximum Gasteiger partial charge on any atom is 0.220 e. The van der Waals surface area contributed by atoms with Crippen LogP contribution in [0.5, 0.6) is 5.75 Å². The summed E-state index contributed by atoms with van der Waals surface area (Å²) in [5, 5.41) is 3.00. The summed E-state index contributed by atoms with van der Waals surface area (Å²) in [4.78, 5) is 12.0. The molecule has 1 aromatic rings. The first-order chi connectivity index (χ1) is 11.8. The normalized spacial score (nSPS) is 16.6. The number of rotatable bonds is 7. The molecule has 1 N–H and O–H groups in total. The maximum atomic E-state index is 12.0. The summed E-state index contributed by atoms with van der Waals surface area (Å²) in [5.74, 6) is 0.902. The number of carbonyl (C=O) groups excluding carboxylic acids is 1. The van der Waals surface area contributed by atoms with Gasteiger partial charge in [0.1, 0.15) is 5.75 Å². The Bertz CT molecular complexity index is 675. The topological polar surface area (TPSA) is 75.7 Å². The zero-order valence-electron chi connectivity index (χ0n) is 15.2. The standard InChI is InChI=1S/C18H28N2O4S/c1-14-6-4-7-15(2)18(14)24-13-5-8-17(21)19-16-9-11-20(12-10-16)25(3,22)23/h4,6-7,16H,5,8-13H2,1-3H3,(H,19,21). The summed E-state index contributed by atoms with van der Waals surface area (Å²) in [6.45, 7) is 5.47. The van der Waals surface area contributed by atoms with Gasteiger partial charge in [-0.1, -0.05) is 18.2 Å². The third-order valence-corrected chi connectivity index (χ3v) is 5.79. The van der Waals surface area contributed by atoms with Crippen LogP contribution in [0.3, 0.4) is 0 Å². The van der Waals surface area contributed by atoms with Crippen LogP contribution >= 0.6 is 0 Å². The second-order valence-corrected chi connectivity index (χ2v) is 8.66. The Balaban J connectivity index is 1.67. The number of ether oxygens (including phenoxy) is 1. The van der Waals surface area contributed by atoms with E-state index in [-0.39, 0.29) is 11.9 Å². The molecule has 7 heteroatoms. The number of nitrogens with one attached hydrogen (secondary N) is 1. The van der Waals surface area contributed by atoms with E-state index < -0.39 is 10.0 Å². The fourth-order valence-corrected chi connectivity index (χ4v) is 3.94. The Morgan fingerprint density at radius 1 is 1.24 bits per heavy atom. The van der Waals surface area contributed by atoms with Gasteiger partial charge in [-0.3, -0.25) is 4.79 Å². The van der Waals surface area contributed by atoms with Gasteiger partial charge in [-0.25, -0.2) is 12.7 Å². The van der Waals surface area contributed by atoms with Gasteiger partial charge >= 0.3 is 0 Å². The maximum absolute atomic E-state index is 12.0. The molecule has 0 unspecified atom stereocenters. The van der Waals surface area contributed by atoms with E-state index >= 15 is 0 Å². The van der Waals surface area contributed by atoms with Crippen molar-refractivity contribution in [1.82, 2.24) is 9.62 Å². The molecule has 0 aromatic heterocycles. The van der Waals surface area contributed by atoms with Gasteiger partial charge in [0.2, 0.25) is 15.9 Å². The fraction of sp³-hybridized carbons (Fsp3) is 0.611. The van der Waals surface area contributed by atoms with Crippen LogP contribution in [0.2, 0.25) is 0 Å². The van der Waals surface area contributed by atoms with Crippen molar-refractivity contribution in [3.63, 3.8) is 0 Å². The molecular formula is C18H28N2O4S. The van der Waals surface area contributed by atoms with E-state index in [1.54, 1.807) is 0 Å². The van der Waals surface area contributed by atoms with Crippen molar-refractivity contribution >= 4 is 15.9 Å². The number of aryl methyl sites for hydroxylation is 2. The highest BCUT2D eigenvalue weighted by atomic mass is 32.2. The predicted molar refractivity (Wildman–Crippen MR) is 98.2 cm³/mol. The molecule has 140 valence electrons. The first-order valence-electron chi connectivity index (χ1n) is 8.71. The zero-order chi connectivity index (χ0) is 18.4. The molecule has 0 saturated carbocycles. The third kappa shape index (κ3) is 6.01. The molecule has 1 fully saturated rings. The SMILES string of the molecule is Cc1cccc(C)c1OCCCC(=O)NC1CCN(S(C)(=O)=O)CC1. The second-order valence-electron chi connectivity index (χ2n) is 6.68. The summed E-state index contributed by atoms with van der Waals surface area (Å²) >= 11 is 0. The first-order valence-corrected chi connectivity index (χ1v) is 10.6. The van der Waals surface area contributed by atoms with Crippen LogP contribution in [-0.4, -0.2) is 50.6 Å². The number of hydrogen-bond acceptors (Lipinski definition) is 4. The van der Waals surface area contributed by atoms with E-state index in [2.05, 4.69) is 5.32 Å². The number of carbonyl (C=O) groups is 1. The van der Waals surface area contributed by atoms with E-state index in [0.29, 0.717) is 45.4 Å². The van der Waals surface area contributed by atoms with E-state index in [0.717, 1.165) is 16.9 Å². The van der Waals surface area contributed by atoms with Crippen LogP contribution in [0.25, 0.3) is 0 Å². The summed E-state index contributed by atoms with van der Waals surface area (Å²) in [7, 11) is -3.12. The van der Waals surface area contributed by atoms with E-state index in [9.17, 15) is 13.2 Å². The average molecular weight is 368 g/mol. The number of nitrogens with zero attached hydrogens (tertiary/aromatic N) is 1. The molecule has 1 amide bonds. The van der Waals surface area contributed by atoms with Crippen molar-refractivity contribution in [3.05, 3.63) is 29.3 Å². The average Bonchev–Trinajstić information content (AvgIpc) is 2.53. The van der Waals surface area contributed by atoms with Crippen molar-refractivity contribution in [3.8, 4) is 5.75 Å². The van der Waals surface area contributed by atoms with E-state index in [4.69, 9.17) is 4.74 Å². The molecule has 2 rings (SSSR count). The van der Waals surface area contributed by atoms with Gasteiger partial charge in [0.05, 0.1) is 12.9 Å². The molecule has 0 radical (unpaired) electrons. The zero-order valence-corrected chi connectivity index (χ0v) is 16.1. The molecular weight excluding hydrogens is 340 g/mol. The highest BCUT2D eigenvalue weighted by Gasteiger charge is 2.25. The van der Waals surface area contributed by atoms with Gasteiger partial charge in [-0.2, -0.15) is 0 Å². The van der Waals surface area contributed by atoms with E-state index in [1.165, 1.54) is 10.6 Å². The highest BCUT2D eigenvalue weighted by Crippen LogP contribution is 2.22. The minimum atomic E-state index is -3.12. The van der Waals surface area contributed by atoms with Crippen molar-refractivity contribution in [1.29, 1.82) is 0 Å². The lowest BCUT2D eigenvalue weighted by atomic mass is 10.1. The molecule has 6 nitrogen and oxygen atoms in total. The van der Waals surface area contributed by atoms with Crippen LogP contribution in [0.15, 0.2) is 18.2 Å². The Hall–Kier alpha value is -1.60. The Labute approximate surface area is 150 Å². The molecule has 1 saturated heterocycles. The lowest BCUT2D eigenvalue weighted by molar-refractivity contribution is -0.122. The Morgan fingerprint density at radius 3 is 2.40 bits per heavy atom. The van der Waals surface area contributed by atoms with Crippen molar-refractivity contribution in [2.75, 3.05) is 26.0 Å². The molecule has 25 heavy (non-hydrogen) atoms. The number of piperidine rings is 1. The third-order valence-electron chi connectivity index (χ3n) is 4.49. The minimum absolute atomic E-state index is 0.00270. The number of benzene rings is 1. The molecule has 1 aliphatic heterocycles. The van der Waals surface area contributed by atoms with Crippen LogP contribution in [-0.2, 0) is 14.8 Å². The summed E-state index contributed by atoms with van der Waals surface area (Å²) in [6.07, 6.45) is 3.62. The van der Waals surface area contributed by atoms with Gasteiger partial charge in [-0.15, -0.1) is 0 Å². The van der Waals surface area contributed by atoms with Crippen molar-refractivity contribution < 1.29 is 17.9 Å². The number of amides is 1. The van der Waals surface area contributed by atoms with Crippen molar-refractivity contribution in [2.24, 2.45) is 0 Å². The lowest BCUT2D eigenvalue weighted by Crippen LogP contribution is -2.46. The van der Waals surface area contributed by atoms with E-state index in [1.807, 2.05) is 32.0 Å². The molecule has 0 atom stereocenters. The molecule has 1 aliphatic rings. The smallest absolute Gasteiger partial charge is 0.220 e. The van der Waals surface area contributed by atoms with Crippen LogP contribution < -0.4 is 10.1 Å². The molecule has 1 aromatic carbocycles. The summed E-state index contributed by atoms with van der Waals surface area (Å²) < 4.78 is 30.2. The number of sulfonamides is 1. The van der Waals surface area contributed by atoms with Gasteiger partial charge in [0.15, 0.2) is 0 Å². The number of para-hydroxylation sites is 1. The van der Waals surface area contributed by atoms with Crippen LogP contribution in [0, 0.1) is 13.8 Å². The van der Waals surface area contributed by atoms with Gasteiger partial charge in [0, 0.05) is 25.6 Å². The monoisotopic (exact) mass is 368 g/mol. The highest BCUT2D eigenvalue weighted by molar-refractivity contribution is 7.88. The van der Waals surface area contributed by atoms with Gasteiger partial charge in [0.25, 0.3) is 0 Å². The van der Waals surface area contributed by atoms with Gasteiger partial charge in [-0.05, 0) is 44.2 Å². The Morgan fingerprint density at radius 2 is 1.84 bits per heavy atom. The molecule has 1 heterocycles. The molecule has 0 bridgehead atoms. The van der Waals surface area contributed by atoms with Crippen molar-refractivity contribution in [2.45, 2.75) is 45.6 Å².